The van der Waals surface area contributed by atoms with Gasteiger partial charge in [0.25, 0.3) is 0 Å². The predicted molar refractivity (Wildman–Crippen MR) is 191 cm³/mol. The van der Waals surface area contributed by atoms with Gasteiger partial charge in [0.05, 0.1) is 11.0 Å². The monoisotopic (exact) mass is 592 g/mol. The molecule has 46 heavy (non-hydrogen) atoms. The SMILES string of the molecule is Cc1cc2c(-c3cccc(-c4cccnc4)c3)cc3c(cc(-c4cccc(-c5cccnc5)c4)c4cc(C)c(C)nc43)c2nc1C. The van der Waals surface area contributed by atoms with E-state index in [0.29, 0.717) is 0 Å². The first-order valence-electron chi connectivity index (χ1n) is 15.6. The van der Waals surface area contributed by atoms with Crippen LogP contribution in [-0.2, 0) is 0 Å². The molecule has 0 amide bonds. The molecule has 4 nitrogen and oxygen atoms in total. The topological polar surface area (TPSA) is 51.6 Å². The van der Waals surface area contributed by atoms with Crippen LogP contribution in [0.5, 0.6) is 0 Å². The minimum atomic E-state index is 0.994. The zero-order valence-electron chi connectivity index (χ0n) is 26.3. The Morgan fingerprint density at radius 3 is 1.22 bits per heavy atom. The van der Waals surface area contributed by atoms with Crippen LogP contribution in [0.4, 0.5) is 0 Å². The second kappa shape index (κ2) is 11.0. The summed E-state index contributed by atoms with van der Waals surface area (Å²) >= 11 is 0. The van der Waals surface area contributed by atoms with Crippen molar-refractivity contribution < 1.29 is 0 Å². The summed E-state index contributed by atoms with van der Waals surface area (Å²) in [4.78, 5) is 19.3. The Balaban J connectivity index is 1.46. The van der Waals surface area contributed by atoms with E-state index in [4.69, 9.17) is 9.97 Å². The number of hydrogen-bond donors (Lipinski definition) is 0. The number of rotatable bonds is 4. The van der Waals surface area contributed by atoms with Gasteiger partial charge >= 0.3 is 0 Å². The molecule has 0 saturated carbocycles. The van der Waals surface area contributed by atoms with Crippen molar-refractivity contribution >= 4 is 32.6 Å². The van der Waals surface area contributed by atoms with Gasteiger partial charge in [0.15, 0.2) is 0 Å². The molecule has 0 atom stereocenters. The van der Waals surface area contributed by atoms with Crippen LogP contribution in [0.3, 0.4) is 0 Å². The molecule has 0 aliphatic carbocycles. The normalized spacial score (nSPS) is 11.5. The molecule has 0 aliphatic rings. The Labute approximate surface area is 268 Å². The van der Waals surface area contributed by atoms with Crippen molar-refractivity contribution in [3.05, 3.63) is 144 Å². The van der Waals surface area contributed by atoms with E-state index in [0.717, 1.165) is 88.5 Å². The minimum Gasteiger partial charge on any atom is -0.264 e. The van der Waals surface area contributed by atoms with Crippen LogP contribution < -0.4 is 0 Å². The van der Waals surface area contributed by atoms with E-state index in [9.17, 15) is 0 Å². The summed E-state index contributed by atoms with van der Waals surface area (Å²) in [5, 5.41) is 4.49. The zero-order chi connectivity index (χ0) is 31.4. The number of benzene rings is 4. The van der Waals surface area contributed by atoms with Gasteiger partial charge in [0.2, 0.25) is 0 Å². The number of aromatic nitrogens is 4. The van der Waals surface area contributed by atoms with Crippen molar-refractivity contribution in [2.75, 3.05) is 0 Å². The number of pyridine rings is 4. The van der Waals surface area contributed by atoms with E-state index in [2.05, 4.69) is 123 Å². The van der Waals surface area contributed by atoms with Crippen molar-refractivity contribution in [1.29, 1.82) is 0 Å². The standard InChI is InChI=1S/C42H32N4/c1-25-17-37-35(31-11-5-9-29(19-31)33-13-7-15-43-23-33)21-40-39(41(37)45-27(25)3)22-36(38-18-26(2)28(4)46-42(38)40)32-12-6-10-30(20-32)34-14-8-16-44-24-34/h5-24H,1-4H3. The average molecular weight is 593 g/mol. The second-order valence-corrected chi connectivity index (χ2v) is 12.2. The third-order valence-corrected chi connectivity index (χ3v) is 9.23. The van der Waals surface area contributed by atoms with Crippen LogP contribution in [0.25, 0.3) is 77.1 Å². The van der Waals surface area contributed by atoms with Crippen LogP contribution in [0.2, 0.25) is 0 Å². The summed E-state index contributed by atoms with van der Waals surface area (Å²) in [5.74, 6) is 0. The van der Waals surface area contributed by atoms with Crippen LogP contribution >= 0.6 is 0 Å². The van der Waals surface area contributed by atoms with Crippen molar-refractivity contribution in [2.24, 2.45) is 0 Å². The lowest BCUT2D eigenvalue weighted by atomic mass is 9.88. The predicted octanol–water partition coefficient (Wildman–Crippen LogP) is 10.6. The van der Waals surface area contributed by atoms with E-state index in [-0.39, 0.29) is 0 Å². The first kappa shape index (κ1) is 27.8. The first-order valence-corrected chi connectivity index (χ1v) is 15.6. The number of hydrogen-bond acceptors (Lipinski definition) is 4. The summed E-state index contributed by atoms with van der Waals surface area (Å²) in [6, 6.07) is 34.9. The lowest BCUT2D eigenvalue weighted by molar-refractivity contribution is 1.20. The van der Waals surface area contributed by atoms with Gasteiger partial charge in [-0.25, -0.2) is 0 Å². The van der Waals surface area contributed by atoms with Crippen LogP contribution in [-0.4, -0.2) is 19.9 Å². The molecule has 220 valence electrons. The fraction of sp³-hybridized carbons (Fsp3) is 0.0952. The maximum atomic E-state index is 5.27. The maximum Gasteiger partial charge on any atom is 0.0790 e. The molecular formula is C42H32N4. The van der Waals surface area contributed by atoms with E-state index in [1.807, 2.05) is 36.9 Å². The van der Waals surface area contributed by atoms with Gasteiger partial charge in [-0.3, -0.25) is 19.9 Å². The lowest BCUT2D eigenvalue weighted by Gasteiger charge is -2.18. The van der Waals surface area contributed by atoms with Crippen LogP contribution in [0.1, 0.15) is 22.5 Å². The van der Waals surface area contributed by atoms with E-state index in [1.165, 1.54) is 11.1 Å². The Morgan fingerprint density at radius 1 is 0.391 bits per heavy atom. The molecule has 8 rings (SSSR count). The summed E-state index contributed by atoms with van der Waals surface area (Å²) in [7, 11) is 0. The fourth-order valence-corrected chi connectivity index (χ4v) is 6.50. The Kier molecular flexibility index (Phi) is 6.65. The largest absolute Gasteiger partial charge is 0.264 e. The summed E-state index contributed by atoms with van der Waals surface area (Å²) < 4.78 is 0. The van der Waals surface area contributed by atoms with Gasteiger partial charge in [-0.05, 0) is 121 Å². The molecule has 0 fully saturated rings. The summed E-state index contributed by atoms with van der Waals surface area (Å²) in [6.45, 7) is 8.49. The molecule has 0 radical (unpaired) electrons. The quantitative estimate of drug-likeness (QED) is 0.191. The maximum absolute atomic E-state index is 5.27. The zero-order valence-corrected chi connectivity index (χ0v) is 26.3. The van der Waals surface area contributed by atoms with Crippen molar-refractivity contribution in [1.82, 2.24) is 19.9 Å². The minimum absolute atomic E-state index is 0.994. The molecule has 0 bridgehead atoms. The highest BCUT2D eigenvalue weighted by Gasteiger charge is 2.18. The third-order valence-electron chi connectivity index (χ3n) is 9.23. The molecule has 0 aliphatic heterocycles. The van der Waals surface area contributed by atoms with E-state index in [1.54, 1.807) is 0 Å². The highest BCUT2D eigenvalue weighted by molar-refractivity contribution is 6.22. The molecule has 0 unspecified atom stereocenters. The molecular weight excluding hydrogens is 560 g/mol. The molecule has 4 aromatic carbocycles. The molecule has 0 saturated heterocycles. The van der Waals surface area contributed by atoms with Gasteiger partial charge in [0.1, 0.15) is 0 Å². The number of fused-ring (bicyclic) bond motifs is 5. The summed E-state index contributed by atoms with van der Waals surface area (Å²) in [5.41, 5.74) is 15.4. The number of nitrogens with zero attached hydrogens (tertiary/aromatic N) is 4. The number of aryl methyl sites for hydroxylation is 4. The van der Waals surface area contributed by atoms with E-state index < -0.39 is 0 Å². The molecule has 4 heteroatoms. The van der Waals surface area contributed by atoms with Gasteiger partial charge < -0.3 is 0 Å². The highest BCUT2D eigenvalue weighted by Crippen LogP contribution is 2.42. The highest BCUT2D eigenvalue weighted by atomic mass is 14.7. The third kappa shape index (κ3) is 4.70. The van der Waals surface area contributed by atoms with Crippen molar-refractivity contribution in [2.45, 2.75) is 27.7 Å². The van der Waals surface area contributed by atoms with Gasteiger partial charge in [-0.15, -0.1) is 0 Å². The Hall–Kier alpha value is -5.74. The molecule has 0 N–H and O–H groups in total. The van der Waals surface area contributed by atoms with Gasteiger partial charge in [-0.1, -0.05) is 48.5 Å². The van der Waals surface area contributed by atoms with Crippen molar-refractivity contribution in [3.8, 4) is 44.5 Å². The molecule has 0 spiro atoms. The molecule has 4 heterocycles. The smallest absolute Gasteiger partial charge is 0.0790 e. The van der Waals surface area contributed by atoms with Crippen LogP contribution in [0, 0.1) is 27.7 Å². The lowest BCUT2D eigenvalue weighted by Crippen LogP contribution is -1.97. The Bertz CT molecular complexity index is 2270. The Morgan fingerprint density at radius 2 is 0.804 bits per heavy atom. The average Bonchev–Trinajstić information content (AvgIpc) is 3.10. The van der Waals surface area contributed by atoms with Gasteiger partial charge in [-0.2, -0.15) is 0 Å². The van der Waals surface area contributed by atoms with Gasteiger partial charge in [0, 0.05) is 68.8 Å². The van der Waals surface area contributed by atoms with Crippen LogP contribution in [0.15, 0.2) is 122 Å². The van der Waals surface area contributed by atoms with Crippen molar-refractivity contribution in [3.63, 3.8) is 0 Å². The summed E-state index contributed by atoms with van der Waals surface area (Å²) in [6.07, 6.45) is 7.46. The molecule has 8 aromatic rings. The van der Waals surface area contributed by atoms with E-state index >= 15 is 0 Å². The molecule has 4 aromatic heterocycles. The first-order chi connectivity index (χ1) is 22.4. The second-order valence-electron chi connectivity index (χ2n) is 12.2. The fourth-order valence-electron chi connectivity index (χ4n) is 6.50.